The molecule has 3 aliphatic rings. The number of rotatable bonds is 10. The number of likely N-dealkylation sites (tertiary alicyclic amines) is 1. The standard InChI is InChI=1S/C24H37N3O4S/c1-7-12-25(6)20(29)17-18-21(30)27(14-9-15-28)19(22(31)26(13-8-2)16(3)4)24(18)11-10-23(17,5)32-24/h7-8,16-19,28H,1-2,9-15H2,3-6H3/t17-,18-,19?,23+,24?/m0/s1. The van der Waals surface area contributed by atoms with E-state index >= 15 is 0 Å². The number of likely N-dealkylation sites (N-methyl/N-ethyl adjacent to an activating group) is 1. The molecule has 0 aromatic carbocycles. The fraction of sp³-hybridized carbons (Fsp3) is 0.708. The molecule has 2 bridgehead atoms. The summed E-state index contributed by atoms with van der Waals surface area (Å²) in [5, 5.41) is 9.44. The van der Waals surface area contributed by atoms with E-state index in [0.717, 1.165) is 12.8 Å². The van der Waals surface area contributed by atoms with Crippen molar-refractivity contribution in [2.45, 2.75) is 61.6 Å². The zero-order valence-corrected chi connectivity index (χ0v) is 20.6. The first-order chi connectivity index (χ1) is 15.1. The predicted octanol–water partition coefficient (Wildman–Crippen LogP) is 1.92. The first kappa shape index (κ1) is 24.8. The van der Waals surface area contributed by atoms with E-state index in [1.165, 1.54) is 0 Å². The second-order valence-corrected chi connectivity index (χ2v) is 11.6. The minimum Gasteiger partial charge on any atom is -0.396 e. The van der Waals surface area contributed by atoms with E-state index in [-0.39, 0.29) is 35.1 Å². The van der Waals surface area contributed by atoms with Crippen molar-refractivity contribution < 1.29 is 19.5 Å². The van der Waals surface area contributed by atoms with Crippen molar-refractivity contribution >= 4 is 29.5 Å². The van der Waals surface area contributed by atoms with Crippen LogP contribution in [0, 0.1) is 11.8 Å². The van der Waals surface area contributed by atoms with E-state index in [0.29, 0.717) is 26.1 Å². The molecular weight excluding hydrogens is 426 g/mol. The first-order valence-corrected chi connectivity index (χ1v) is 12.3. The van der Waals surface area contributed by atoms with Crippen LogP contribution in [0.4, 0.5) is 0 Å². The van der Waals surface area contributed by atoms with Gasteiger partial charge < -0.3 is 19.8 Å². The monoisotopic (exact) mass is 463 g/mol. The summed E-state index contributed by atoms with van der Waals surface area (Å²) in [5.41, 5.74) is 0. The van der Waals surface area contributed by atoms with Gasteiger partial charge in [-0.25, -0.2) is 0 Å². The molecule has 1 spiro atoms. The summed E-state index contributed by atoms with van der Waals surface area (Å²) in [4.78, 5) is 46.3. The lowest BCUT2D eigenvalue weighted by molar-refractivity contribution is -0.145. The van der Waals surface area contributed by atoms with Crippen LogP contribution in [0.25, 0.3) is 0 Å². The van der Waals surface area contributed by atoms with Crippen molar-refractivity contribution in [2.24, 2.45) is 11.8 Å². The normalized spacial score (nSPS) is 32.9. The van der Waals surface area contributed by atoms with Gasteiger partial charge in [-0.3, -0.25) is 14.4 Å². The summed E-state index contributed by atoms with van der Waals surface area (Å²) in [7, 11) is 1.74. The molecule has 178 valence electrons. The number of hydrogen-bond acceptors (Lipinski definition) is 5. The van der Waals surface area contributed by atoms with Crippen LogP contribution >= 0.6 is 11.8 Å². The van der Waals surface area contributed by atoms with Gasteiger partial charge in [-0.05, 0) is 40.0 Å². The number of hydrogen-bond donors (Lipinski definition) is 1. The Morgan fingerprint density at radius 1 is 1.25 bits per heavy atom. The summed E-state index contributed by atoms with van der Waals surface area (Å²) in [5.74, 6) is -1.27. The van der Waals surface area contributed by atoms with Crippen LogP contribution in [0.1, 0.15) is 40.0 Å². The number of carbonyl (C=O) groups excluding carboxylic acids is 3. The number of aliphatic hydroxyl groups is 1. The van der Waals surface area contributed by atoms with Gasteiger partial charge in [-0.2, -0.15) is 0 Å². The summed E-state index contributed by atoms with van der Waals surface area (Å²) in [6, 6.07) is -0.677. The van der Waals surface area contributed by atoms with Crippen LogP contribution < -0.4 is 0 Å². The fourth-order valence-corrected chi connectivity index (χ4v) is 8.28. The van der Waals surface area contributed by atoms with E-state index in [1.54, 1.807) is 45.7 Å². The molecule has 7 nitrogen and oxygen atoms in total. The Hall–Kier alpha value is -1.80. The molecule has 3 heterocycles. The summed E-state index contributed by atoms with van der Waals surface area (Å²) < 4.78 is -1.00. The molecular formula is C24H37N3O4S. The maximum atomic E-state index is 13.9. The number of thioether (sulfide) groups is 1. The third-order valence-corrected chi connectivity index (χ3v) is 9.33. The third kappa shape index (κ3) is 3.69. The molecule has 3 rings (SSSR count). The van der Waals surface area contributed by atoms with Crippen LogP contribution in [-0.4, -0.2) is 92.4 Å². The molecule has 1 N–H and O–H groups in total. The van der Waals surface area contributed by atoms with E-state index in [1.807, 2.05) is 13.8 Å². The van der Waals surface area contributed by atoms with Crippen LogP contribution in [0.3, 0.4) is 0 Å². The molecule has 0 radical (unpaired) electrons. The van der Waals surface area contributed by atoms with Gasteiger partial charge in [0.25, 0.3) is 0 Å². The summed E-state index contributed by atoms with van der Waals surface area (Å²) in [6.07, 6.45) is 5.31. The number of fused-ring (bicyclic) bond motifs is 1. The minimum atomic E-state index is -0.636. The molecule has 8 heteroatoms. The number of carbonyl (C=O) groups is 3. The Kier molecular flexibility index (Phi) is 7.15. The van der Waals surface area contributed by atoms with Crippen LogP contribution in [0.15, 0.2) is 25.3 Å². The van der Waals surface area contributed by atoms with Gasteiger partial charge in [0, 0.05) is 44.1 Å². The zero-order valence-electron chi connectivity index (χ0n) is 19.7. The van der Waals surface area contributed by atoms with Crippen molar-refractivity contribution in [1.29, 1.82) is 0 Å². The quantitative estimate of drug-likeness (QED) is 0.501. The van der Waals surface area contributed by atoms with Gasteiger partial charge in [0.2, 0.25) is 17.7 Å². The lowest BCUT2D eigenvalue weighted by atomic mass is 9.66. The molecule has 3 fully saturated rings. The fourth-order valence-electron chi connectivity index (χ4n) is 5.94. The minimum absolute atomic E-state index is 0.0407. The average Bonchev–Trinajstić information content (AvgIpc) is 3.30. The Morgan fingerprint density at radius 3 is 2.47 bits per heavy atom. The highest BCUT2D eigenvalue weighted by Crippen LogP contribution is 2.71. The molecule has 0 aliphatic carbocycles. The molecule has 0 aromatic rings. The Bertz CT molecular complexity index is 802. The molecule has 3 amide bonds. The van der Waals surface area contributed by atoms with Crippen LogP contribution in [0.5, 0.6) is 0 Å². The van der Waals surface area contributed by atoms with Crippen molar-refractivity contribution in [1.82, 2.24) is 14.7 Å². The molecule has 5 atom stereocenters. The maximum Gasteiger partial charge on any atom is 0.247 e. The van der Waals surface area contributed by atoms with Gasteiger partial charge in [-0.15, -0.1) is 24.9 Å². The van der Waals surface area contributed by atoms with Crippen molar-refractivity contribution in [3.63, 3.8) is 0 Å². The van der Waals surface area contributed by atoms with Gasteiger partial charge in [0.1, 0.15) is 6.04 Å². The summed E-state index contributed by atoms with van der Waals surface area (Å²) in [6.45, 7) is 14.6. The highest BCUT2D eigenvalue weighted by Gasteiger charge is 2.77. The zero-order chi connectivity index (χ0) is 23.8. The molecule has 0 aromatic heterocycles. The van der Waals surface area contributed by atoms with Crippen molar-refractivity contribution in [3.8, 4) is 0 Å². The lowest BCUT2D eigenvalue weighted by Crippen LogP contribution is -2.56. The number of nitrogens with zero attached hydrogens (tertiary/aromatic N) is 3. The van der Waals surface area contributed by atoms with E-state index in [2.05, 4.69) is 20.1 Å². The van der Waals surface area contributed by atoms with Crippen molar-refractivity contribution in [3.05, 3.63) is 25.3 Å². The number of aliphatic hydroxyl groups excluding tert-OH is 1. The van der Waals surface area contributed by atoms with Crippen molar-refractivity contribution in [2.75, 3.05) is 33.3 Å². The molecule has 2 unspecified atom stereocenters. The smallest absolute Gasteiger partial charge is 0.247 e. The van der Waals surface area contributed by atoms with Gasteiger partial charge in [0.15, 0.2) is 0 Å². The molecule has 3 aliphatic heterocycles. The maximum absolute atomic E-state index is 13.9. The van der Waals surface area contributed by atoms with E-state index in [4.69, 9.17) is 0 Å². The van der Waals surface area contributed by atoms with Crippen LogP contribution in [-0.2, 0) is 14.4 Å². The topological polar surface area (TPSA) is 81.2 Å². The third-order valence-electron chi connectivity index (χ3n) is 7.35. The molecule has 0 saturated carbocycles. The van der Waals surface area contributed by atoms with Crippen LogP contribution in [0.2, 0.25) is 0 Å². The highest BCUT2D eigenvalue weighted by molar-refractivity contribution is 8.02. The SMILES string of the molecule is C=CCN(C)C(=O)[C@@H]1[C@H]2C(=O)N(CCCO)C(C(=O)N(CC=C)C(C)C)C23CC[C@@]1(C)S3. The second kappa shape index (κ2) is 9.21. The Balaban J connectivity index is 2.07. The average molecular weight is 464 g/mol. The number of amides is 3. The van der Waals surface area contributed by atoms with Gasteiger partial charge >= 0.3 is 0 Å². The predicted molar refractivity (Wildman–Crippen MR) is 127 cm³/mol. The van der Waals surface area contributed by atoms with E-state index < -0.39 is 22.6 Å². The summed E-state index contributed by atoms with van der Waals surface area (Å²) >= 11 is 1.68. The largest absolute Gasteiger partial charge is 0.396 e. The highest BCUT2D eigenvalue weighted by atomic mass is 32.2. The lowest BCUT2D eigenvalue weighted by Gasteiger charge is -2.38. The Labute approximate surface area is 195 Å². The first-order valence-electron chi connectivity index (χ1n) is 11.5. The van der Waals surface area contributed by atoms with Gasteiger partial charge in [-0.1, -0.05) is 12.2 Å². The second-order valence-electron chi connectivity index (χ2n) is 9.72. The molecule has 32 heavy (non-hydrogen) atoms. The Morgan fingerprint density at radius 2 is 1.91 bits per heavy atom. The van der Waals surface area contributed by atoms with E-state index in [9.17, 15) is 19.5 Å². The van der Waals surface area contributed by atoms with Gasteiger partial charge in [0.05, 0.1) is 16.6 Å². The molecule has 3 saturated heterocycles.